The molecule has 4 nitrogen and oxygen atoms in total. The van der Waals surface area contributed by atoms with Crippen LogP contribution in [-0.4, -0.2) is 36.4 Å². The van der Waals surface area contributed by atoms with Gasteiger partial charge < -0.3 is 0 Å². The van der Waals surface area contributed by atoms with Gasteiger partial charge in [-0.1, -0.05) is 0 Å². The van der Waals surface area contributed by atoms with E-state index in [1.807, 2.05) is 30.3 Å². The number of halogens is 2. The van der Waals surface area contributed by atoms with E-state index in [1.165, 1.54) is 5.56 Å². The predicted molar refractivity (Wildman–Crippen MR) is 120 cm³/mol. The predicted octanol–water partition coefficient (Wildman–Crippen LogP) is 4.16. The van der Waals surface area contributed by atoms with E-state index in [4.69, 9.17) is 0 Å². The molecular weight excluding hydrogens is 525 g/mol. The topological polar surface area (TPSA) is 67.3 Å². The van der Waals surface area contributed by atoms with Gasteiger partial charge in [0.1, 0.15) is 0 Å². The Bertz CT molecular complexity index is 988. The first kappa shape index (κ1) is 22.7. The van der Waals surface area contributed by atoms with Gasteiger partial charge in [0, 0.05) is 0 Å². The van der Waals surface area contributed by atoms with Crippen molar-refractivity contribution in [1.82, 2.24) is 4.98 Å². The van der Waals surface area contributed by atoms with Crippen LogP contribution in [0.3, 0.4) is 0 Å². The number of aromatic nitrogens is 1. The number of nitrogens with zero attached hydrogens (tertiary/aromatic N) is 1. The van der Waals surface area contributed by atoms with Gasteiger partial charge in [-0.15, -0.1) is 12.4 Å². The summed E-state index contributed by atoms with van der Waals surface area (Å²) in [7, 11) is 0. The van der Waals surface area contributed by atoms with Crippen LogP contribution in [0.4, 0.5) is 0 Å². The molecule has 3 rings (SSSR count). The van der Waals surface area contributed by atoms with Gasteiger partial charge in [-0.3, -0.25) is 0 Å². The summed E-state index contributed by atoms with van der Waals surface area (Å²) in [6.45, 7) is 0. The first-order valence-corrected chi connectivity index (χ1v) is 11.9. The number of hydrogen-bond donors (Lipinski definition) is 1. The van der Waals surface area contributed by atoms with Crippen molar-refractivity contribution in [3.8, 4) is 0 Å². The number of aromatic carboxylic acids is 1. The number of rotatable bonds is 7. The van der Waals surface area contributed by atoms with Crippen molar-refractivity contribution in [2.45, 2.75) is 10.6 Å². The molecule has 144 valence electrons. The zero-order chi connectivity index (χ0) is 19.2. The molecule has 1 atom stereocenters. The summed E-state index contributed by atoms with van der Waals surface area (Å²) in [4.78, 5) is 29.2. The van der Waals surface area contributed by atoms with E-state index >= 15 is 0 Å². The first-order chi connectivity index (χ1) is 13.0. The van der Waals surface area contributed by atoms with E-state index in [0.29, 0.717) is 14.4 Å². The van der Waals surface area contributed by atoms with Gasteiger partial charge in [-0.2, -0.15) is 0 Å². The van der Waals surface area contributed by atoms with Gasteiger partial charge in [-0.25, -0.2) is 0 Å². The molecule has 0 aliphatic heterocycles. The van der Waals surface area contributed by atoms with Crippen LogP contribution in [0, 0.1) is 0 Å². The van der Waals surface area contributed by atoms with Crippen molar-refractivity contribution in [2.24, 2.45) is 0 Å². The molecule has 1 unspecified atom stereocenters. The molecule has 8 heteroatoms. The summed E-state index contributed by atoms with van der Waals surface area (Å²) in [6.07, 6.45) is 3.53. The number of carboxylic acids is 1. The fraction of sp³-hybridized carbons (Fsp3) is 0.0500. The molecular formula is C20H16AsBrClNO3S. The Hall–Kier alpha value is -1.59. The Morgan fingerprint density at radius 3 is 2.54 bits per heavy atom. The average Bonchev–Trinajstić information content (AvgIpc) is 2.68. The van der Waals surface area contributed by atoms with E-state index < -0.39 is 21.7 Å². The Morgan fingerprint density at radius 1 is 1.07 bits per heavy atom. The molecule has 0 radical (unpaired) electrons. The minimum absolute atomic E-state index is 0. The van der Waals surface area contributed by atoms with Crippen LogP contribution in [0.1, 0.15) is 26.3 Å². The fourth-order valence-electron chi connectivity index (χ4n) is 2.37. The third-order valence-corrected chi connectivity index (χ3v) is 7.83. The Labute approximate surface area is 188 Å². The third kappa shape index (κ3) is 6.21. The molecule has 0 spiro atoms. The van der Waals surface area contributed by atoms with Gasteiger partial charge in [0.25, 0.3) is 0 Å². The van der Waals surface area contributed by atoms with Gasteiger partial charge in [0.15, 0.2) is 0 Å². The van der Waals surface area contributed by atoms with Gasteiger partial charge >= 0.3 is 177 Å². The van der Waals surface area contributed by atoms with E-state index in [9.17, 15) is 14.7 Å². The van der Waals surface area contributed by atoms with Crippen molar-refractivity contribution >= 4 is 70.7 Å². The van der Waals surface area contributed by atoms with Crippen molar-refractivity contribution in [2.75, 3.05) is 0 Å². The molecule has 0 saturated heterocycles. The first-order valence-electron chi connectivity index (χ1n) is 7.99. The van der Waals surface area contributed by atoms with E-state index in [1.54, 1.807) is 48.4 Å². The normalized spacial score (nSPS) is 10.6. The van der Waals surface area contributed by atoms with Crippen LogP contribution >= 0.6 is 40.1 Å². The average molecular weight is 541 g/mol. The number of carbonyl (C=O) groups is 2. The molecule has 1 heterocycles. The number of pyridine rings is 1. The van der Waals surface area contributed by atoms with Crippen LogP contribution < -0.4 is 4.35 Å². The van der Waals surface area contributed by atoms with Crippen molar-refractivity contribution in [3.05, 3.63) is 88.2 Å². The Morgan fingerprint density at radius 2 is 1.82 bits per heavy atom. The Balaban J connectivity index is 0.00000280. The molecule has 1 aromatic heterocycles. The van der Waals surface area contributed by atoms with E-state index in [2.05, 4.69) is 20.9 Å². The number of carbonyl (C=O) groups excluding carboxylic acids is 1. The SMILES string of the molecule is Cl.O=C([AsH]c1ccc(Br)cc1C(=O)O)c1cccc(SCc2ccncc2)c1. The molecule has 0 aliphatic rings. The van der Waals surface area contributed by atoms with Crippen molar-refractivity contribution in [3.63, 3.8) is 0 Å². The summed E-state index contributed by atoms with van der Waals surface area (Å²) in [5, 5.41) is 9.38. The van der Waals surface area contributed by atoms with Crippen LogP contribution in [-0.2, 0) is 5.75 Å². The monoisotopic (exact) mass is 539 g/mol. The summed E-state index contributed by atoms with van der Waals surface area (Å²) < 4.78 is 1.34. The van der Waals surface area contributed by atoms with Gasteiger partial charge in [0.05, 0.1) is 0 Å². The maximum absolute atomic E-state index is 12.7. The molecule has 28 heavy (non-hydrogen) atoms. The summed E-state index contributed by atoms with van der Waals surface area (Å²) in [6, 6.07) is 16.5. The van der Waals surface area contributed by atoms with Crippen LogP contribution in [0.5, 0.6) is 0 Å². The van der Waals surface area contributed by atoms with Gasteiger partial charge in [0.2, 0.25) is 0 Å². The van der Waals surface area contributed by atoms with Crippen LogP contribution in [0.15, 0.2) is 76.4 Å². The Kier molecular flexibility index (Phi) is 8.77. The maximum atomic E-state index is 12.7. The second kappa shape index (κ2) is 10.8. The second-order valence-electron chi connectivity index (χ2n) is 5.62. The summed E-state index contributed by atoms with van der Waals surface area (Å²) in [5.74, 6) is -0.212. The third-order valence-electron chi connectivity index (χ3n) is 3.71. The fourth-order valence-corrected chi connectivity index (χ4v) is 5.79. The molecule has 0 amide bonds. The van der Waals surface area contributed by atoms with Gasteiger partial charge in [-0.05, 0) is 0 Å². The van der Waals surface area contributed by atoms with Crippen molar-refractivity contribution in [1.29, 1.82) is 0 Å². The summed E-state index contributed by atoms with van der Waals surface area (Å²) >= 11 is 3.67. The van der Waals surface area contributed by atoms with E-state index in [0.717, 1.165) is 10.6 Å². The molecule has 1 N–H and O–H groups in total. The standard InChI is InChI=1S/C20H15AsBrNO3S.ClH/c22-15-4-5-18(17(11-15)20(25)26)21-19(24)14-2-1-3-16(10-14)27-12-13-6-8-23-9-7-13;/h1-11,21H,12H2,(H,25,26);1H. The number of hydrogen-bond acceptors (Lipinski definition) is 4. The minimum atomic E-state index is -1.27. The molecule has 0 saturated carbocycles. The number of thioether (sulfide) groups is 1. The summed E-state index contributed by atoms with van der Waals surface area (Å²) in [5.41, 5.74) is 2.00. The van der Waals surface area contributed by atoms with Crippen LogP contribution in [0.2, 0.25) is 0 Å². The molecule has 0 aliphatic carbocycles. The molecule has 0 bridgehead atoms. The quantitative estimate of drug-likeness (QED) is 0.360. The zero-order valence-corrected chi connectivity index (χ0v) is 19.8. The second-order valence-corrected chi connectivity index (χ2v) is 10.2. The van der Waals surface area contributed by atoms with Crippen LogP contribution in [0.25, 0.3) is 0 Å². The molecule has 2 aromatic carbocycles. The molecule has 0 fully saturated rings. The van der Waals surface area contributed by atoms with Crippen molar-refractivity contribution < 1.29 is 14.7 Å². The molecule has 3 aromatic rings. The number of carboxylic acid groups (broad SMARTS) is 1. The van der Waals surface area contributed by atoms with E-state index in [-0.39, 0.29) is 22.5 Å². The number of benzene rings is 2. The zero-order valence-electron chi connectivity index (χ0n) is 14.5.